The Kier molecular flexibility index (Phi) is 4.72. The number of rotatable bonds is 5. The van der Waals surface area contributed by atoms with Crippen LogP contribution < -0.4 is 10.2 Å². The van der Waals surface area contributed by atoms with Crippen LogP contribution in [0.2, 0.25) is 0 Å². The maximum absolute atomic E-state index is 14.3. The van der Waals surface area contributed by atoms with Gasteiger partial charge in [-0.1, -0.05) is 12.1 Å². The van der Waals surface area contributed by atoms with Crippen LogP contribution in [-0.4, -0.2) is 57.3 Å². The summed E-state index contributed by atoms with van der Waals surface area (Å²) in [7, 11) is 0. The number of nitrogens with zero attached hydrogens (tertiary/aromatic N) is 5. The van der Waals surface area contributed by atoms with Crippen molar-refractivity contribution >= 4 is 28.2 Å². The van der Waals surface area contributed by atoms with Crippen LogP contribution in [-0.2, 0) is 0 Å². The number of halogens is 1. The number of anilines is 3. The average molecular weight is 430 g/mol. The van der Waals surface area contributed by atoms with Crippen molar-refractivity contribution in [3.63, 3.8) is 0 Å². The molecule has 1 saturated carbocycles. The van der Waals surface area contributed by atoms with Gasteiger partial charge in [0.25, 0.3) is 0 Å². The summed E-state index contributed by atoms with van der Waals surface area (Å²) in [5.41, 5.74) is 3.81. The molecule has 0 spiro atoms. The van der Waals surface area contributed by atoms with E-state index in [-0.39, 0.29) is 5.82 Å². The van der Waals surface area contributed by atoms with E-state index >= 15 is 0 Å². The molecule has 162 valence electrons. The number of H-pyrrole nitrogens is 1. The molecule has 0 amide bonds. The third-order valence-electron chi connectivity index (χ3n) is 6.29. The molecule has 2 fully saturated rings. The maximum Gasteiger partial charge on any atom is 0.165 e. The van der Waals surface area contributed by atoms with Gasteiger partial charge in [-0.15, -0.1) is 0 Å². The molecule has 2 aromatic heterocycles. The first kappa shape index (κ1) is 19.2. The van der Waals surface area contributed by atoms with Crippen molar-refractivity contribution in [2.24, 2.45) is 0 Å². The number of benzene rings is 2. The fraction of sp³-hybridized carbons (Fsp3) is 0.292. The number of aromatic nitrogens is 4. The van der Waals surface area contributed by atoms with E-state index in [4.69, 9.17) is 0 Å². The number of piperazine rings is 1. The second-order valence-corrected chi connectivity index (χ2v) is 8.43. The molecule has 2 N–H and O–H groups in total. The first-order chi connectivity index (χ1) is 15.7. The van der Waals surface area contributed by atoms with Crippen molar-refractivity contribution in [2.45, 2.75) is 18.9 Å². The fourth-order valence-corrected chi connectivity index (χ4v) is 4.37. The summed E-state index contributed by atoms with van der Waals surface area (Å²) in [5.74, 6) is 0.536. The van der Waals surface area contributed by atoms with E-state index in [1.807, 2.05) is 0 Å². The monoisotopic (exact) mass is 429 g/mol. The minimum absolute atomic E-state index is 0.324. The van der Waals surface area contributed by atoms with Gasteiger partial charge in [0.2, 0.25) is 0 Å². The van der Waals surface area contributed by atoms with Gasteiger partial charge in [0, 0.05) is 43.6 Å². The number of hydrogen-bond donors (Lipinski definition) is 2. The predicted molar refractivity (Wildman–Crippen MR) is 124 cm³/mol. The Morgan fingerprint density at radius 2 is 1.72 bits per heavy atom. The van der Waals surface area contributed by atoms with Gasteiger partial charge in [-0.2, -0.15) is 5.10 Å². The lowest BCUT2D eigenvalue weighted by Crippen LogP contribution is -2.47. The zero-order valence-electron chi connectivity index (χ0n) is 17.6. The van der Waals surface area contributed by atoms with Gasteiger partial charge < -0.3 is 10.2 Å². The summed E-state index contributed by atoms with van der Waals surface area (Å²) in [6, 6.07) is 15.7. The molecule has 1 aliphatic heterocycles. The third kappa shape index (κ3) is 3.67. The van der Waals surface area contributed by atoms with Crippen molar-refractivity contribution in [1.29, 1.82) is 0 Å². The van der Waals surface area contributed by atoms with Gasteiger partial charge in [0.1, 0.15) is 16.9 Å². The third-order valence-corrected chi connectivity index (χ3v) is 6.29. The first-order valence-electron chi connectivity index (χ1n) is 11.1. The molecule has 0 atom stereocenters. The molecule has 1 aliphatic carbocycles. The minimum atomic E-state index is -0.354. The Labute approximate surface area is 185 Å². The second kappa shape index (κ2) is 7.87. The first-order valence-corrected chi connectivity index (χ1v) is 11.1. The Balaban J connectivity index is 1.23. The highest BCUT2D eigenvalue weighted by molar-refractivity contribution is 5.88. The Morgan fingerprint density at radius 1 is 0.938 bits per heavy atom. The highest BCUT2D eigenvalue weighted by Gasteiger charge is 2.31. The normalized spacial score (nSPS) is 17.1. The predicted octanol–water partition coefficient (Wildman–Crippen LogP) is 4.19. The number of hydrogen-bond acceptors (Lipinski definition) is 6. The van der Waals surface area contributed by atoms with E-state index in [9.17, 15) is 4.39 Å². The molecule has 2 aromatic carbocycles. The van der Waals surface area contributed by atoms with E-state index in [1.54, 1.807) is 24.4 Å². The molecule has 2 aliphatic rings. The highest BCUT2D eigenvalue weighted by Crippen LogP contribution is 2.30. The number of aromatic amines is 1. The largest absolute Gasteiger partial charge is 0.369 e. The lowest BCUT2D eigenvalue weighted by Gasteiger charge is -2.36. The highest BCUT2D eigenvalue weighted by atomic mass is 19.1. The molecule has 3 heterocycles. The summed E-state index contributed by atoms with van der Waals surface area (Å²) in [6.07, 6.45) is 4.36. The molecule has 0 bridgehead atoms. The van der Waals surface area contributed by atoms with Crippen LogP contribution in [0, 0.1) is 5.82 Å². The Morgan fingerprint density at radius 3 is 2.47 bits per heavy atom. The van der Waals surface area contributed by atoms with Gasteiger partial charge in [0.05, 0.1) is 11.8 Å². The second-order valence-electron chi connectivity index (χ2n) is 8.43. The molecule has 0 unspecified atom stereocenters. The number of fused-ring (bicyclic) bond motifs is 1. The smallest absolute Gasteiger partial charge is 0.165 e. The topological polar surface area (TPSA) is 73.0 Å². The van der Waals surface area contributed by atoms with Gasteiger partial charge in [0.15, 0.2) is 11.6 Å². The summed E-state index contributed by atoms with van der Waals surface area (Å²) in [6.45, 7) is 4.41. The van der Waals surface area contributed by atoms with E-state index < -0.39 is 0 Å². The quantitative estimate of drug-likeness (QED) is 0.496. The molecule has 8 heteroatoms. The van der Waals surface area contributed by atoms with Crippen LogP contribution in [0.4, 0.5) is 21.6 Å². The van der Waals surface area contributed by atoms with E-state index in [2.05, 4.69) is 59.5 Å². The average Bonchev–Trinajstić information content (AvgIpc) is 3.57. The van der Waals surface area contributed by atoms with E-state index in [0.29, 0.717) is 28.2 Å². The maximum atomic E-state index is 14.3. The minimum Gasteiger partial charge on any atom is -0.369 e. The lowest BCUT2D eigenvalue weighted by atomic mass is 10.2. The summed E-state index contributed by atoms with van der Waals surface area (Å²) in [5, 5.41) is 10.4. The molecule has 4 aromatic rings. The van der Waals surface area contributed by atoms with Crippen LogP contribution in [0.5, 0.6) is 0 Å². The van der Waals surface area contributed by atoms with Gasteiger partial charge in [-0.25, -0.2) is 14.4 Å². The Bertz CT molecular complexity index is 1240. The molecule has 7 nitrogen and oxygen atoms in total. The SMILES string of the molecule is Fc1ccccc1-c1nc(Nc2ccc(N3CCN(C4CC4)CC3)cc2)c2[nH]ncc2n1. The summed E-state index contributed by atoms with van der Waals surface area (Å²) < 4.78 is 14.3. The molecular weight excluding hydrogens is 405 g/mol. The standard InChI is InChI=1S/C24H24FN7/c25-20-4-2-1-3-19(20)23-28-21-15-26-30-22(21)24(29-23)27-16-5-7-17(8-6-16)31-11-13-32(14-12-31)18-9-10-18/h1-8,15,18H,9-14H2,(H,26,30)(H,27,28,29). The molecular formula is C24H24FN7. The zero-order chi connectivity index (χ0) is 21.5. The zero-order valence-corrected chi connectivity index (χ0v) is 17.6. The van der Waals surface area contributed by atoms with Crippen LogP contribution in [0.1, 0.15) is 12.8 Å². The van der Waals surface area contributed by atoms with Gasteiger partial charge in [-0.05, 0) is 49.2 Å². The molecule has 6 rings (SSSR count). The molecule has 32 heavy (non-hydrogen) atoms. The fourth-order valence-electron chi connectivity index (χ4n) is 4.37. The van der Waals surface area contributed by atoms with Gasteiger partial charge in [-0.3, -0.25) is 10.00 Å². The number of nitrogens with one attached hydrogen (secondary N) is 2. The van der Waals surface area contributed by atoms with Crippen LogP contribution >= 0.6 is 0 Å². The van der Waals surface area contributed by atoms with E-state index in [1.165, 1.54) is 24.6 Å². The van der Waals surface area contributed by atoms with Crippen LogP contribution in [0.25, 0.3) is 22.4 Å². The van der Waals surface area contributed by atoms with Crippen molar-refractivity contribution in [1.82, 2.24) is 25.1 Å². The summed E-state index contributed by atoms with van der Waals surface area (Å²) >= 11 is 0. The van der Waals surface area contributed by atoms with Crippen LogP contribution in [0.15, 0.2) is 54.7 Å². The molecule has 0 radical (unpaired) electrons. The van der Waals surface area contributed by atoms with Gasteiger partial charge >= 0.3 is 0 Å². The van der Waals surface area contributed by atoms with Crippen molar-refractivity contribution in [2.75, 3.05) is 36.4 Å². The van der Waals surface area contributed by atoms with Crippen molar-refractivity contribution in [3.05, 3.63) is 60.5 Å². The lowest BCUT2D eigenvalue weighted by molar-refractivity contribution is 0.248. The summed E-state index contributed by atoms with van der Waals surface area (Å²) in [4.78, 5) is 14.1. The van der Waals surface area contributed by atoms with Crippen molar-refractivity contribution in [3.8, 4) is 11.4 Å². The van der Waals surface area contributed by atoms with Crippen LogP contribution in [0.3, 0.4) is 0 Å². The molecule has 1 saturated heterocycles. The van der Waals surface area contributed by atoms with E-state index in [0.717, 1.165) is 37.9 Å². The Hall–Kier alpha value is -3.52. The van der Waals surface area contributed by atoms with Crippen molar-refractivity contribution < 1.29 is 4.39 Å².